The van der Waals surface area contributed by atoms with Gasteiger partial charge in [-0.05, 0) is 35.7 Å². The average molecular weight is 361 g/mol. The molecule has 134 valence electrons. The number of nitrogens with two attached hydrogens (primary N) is 1. The molecule has 0 fully saturated rings. The number of hydrogen-bond donors (Lipinski definition) is 3. The molecule has 7 heteroatoms. The molecule has 0 unspecified atom stereocenters. The highest BCUT2D eigenvalue weighted by molar-refractivity contribution is 7.89. The van der Waals surface area contributed by atoms with E-state index in [1.54, 1.807) is 0 Å². The van der Waals surface area contributed by atoms with Gasteiger partial charge in [0, 0.05) is 18.2 Å². The Hall–Kier alpha value is -2.38. The fraction of sp³-hybridized carbons (Fsp3) is 0.278. The van der Waals surface area contributed by atoms with E-state index in [0.717, 1.165) is 0 Å². The minimum atomic E-state index is -3.74. The number of rotatable bonds is 6. The molecule has 2 aromatic rings. The van der Waals surface area contributed by atoms with E-state index >= 15 is 0 Å². The second-order valence-corrected chi connectivity index (χ2v) is 7.73. The van der Waals surface area contributed by atoms with E-state index in [4.69, 9.17) is 5.14 Å². The number of sulfonamides is 1. The molecule has 0 aromatic heterocycles. The summed E-state index contributed by atoms with van der Waals surface area (Å²) in [5, 5.41) is 10.6. The van der Waals surface area contributed by atoms with Gasteiger partial charge in [-0.2, -0.15) is 0 Å². The molecule has 0 bridgehead atoms. The van der Waals surface area contributed by atoms with Crippen molar-refractivity contribution in [2.45, 2.75) is 24.7 Å². The Morgan fingerprint density at radius 3 is 2.16 bits per heavy atom. The Morgan fingerprint density at radius 2 is 1.64 bits per heavy atom. The molecule has 2 aromatic carbocycles. The van der Waals surface area contributed by atoms with Crippen LogP contribution in [0.3, 0.4) is 0 Å². The summed E-state index contributed by atoms with van der Waals surface area (Å²) in [5.74, 6) is 0.577. The molecule has 2 amide bonds. The first-order chi connectivity index (χ1) is 11.8. The van der Waals surface area contributed by atoms with Gasteiger partial charge >= 0.3 is 6.03 Å². The first kappa shape index (κ1) is 19.0. The van der Waals surface area contributed by atoms with E-state index < -0.39 is 10.0 Å². The molecule has 0 spiro atoms. The molecular weight excluding hydrogens is 338 g/mol. The maximum absolute atomic E-state index is 12.1. The van der Waals surface area contributed by atoms with Crippen LogP contribution < -0.4 is 15.8 Å². The minimum Gasteiger partial charge on any atom is -0.337 e. The van der Waals surface area contributed by atoms with Crippen molar-refractivity contribution in [3.63, 3.8) is 0 Å². The third-order valence-electron chi connectivity index (χ3n) is 3.96. The Kier molecular flexibility index (Phi) is 6.17. The molecule has 1 atom stereocenters. The molecular formula is C18H23N3O3S. The summed E-state index contributed by atoms with van der Waals surface area (Å²) in [6.45, 7) is 4.73. The molecule has 4 N–H and O–H groups in total. The van der Waals surface area contributed by atoms with E-state index in [-0.39, 0.29) is 16.8 Å². The number of amides is 2. The normalized spacial score (nSPS) is 12.6. The van der Waals surface area contributed by atoms with Crippen molar-refractivity contribution >= 4 is 21.7 Å². The Morgan fingerprint density at radius 1 is 1.04 bits per heavy atom. The van der Waals surface area contributed by atoms with Gasteiger partial charge < -0.3 is 10.6 Å². The van der Waals surface area contributed by atoms with Crippen molar-refractivity contribution in [1.82, 2.24) is 5.32 Å². The summed E-state index contributed by atoms with van der Waals surface area (Å²) < 4.78 is 22.4. The number of primary sulfonamides is 1. The van der Waals surface area contributed by atoms with Gasteiger partial charge in [-0.1, -0.05) is 44.2 Å². The van der Waals surface area contributed by atoms with Crippen LogP contribution in [0.15, 0.2) is 59.5 Å². The molecule has 2 rings (SSSR count). The van der Waals surface area contributed by atoms with Crippen molar-refractivity contribution in [1.29, 1.82) is 0 Å². The van der Waals surface area contributed by atoms with Crippen molar-refractivity contribution in [3.8, 4) is 0 Å². The van der Waals surface area contributed by atoms with Crippen LogP contribution in [0.4, 0.5) is 10.5 Å². The number of anilines is 1. The molecule has 0 saturated heterocycles. The largest absolute Gasteiger partial charge is 0.337 e. The lowest BCUT2D eigenvalue weighted by atomic mass is 9.88. The second-order valence-electron chi connectivity index (χ2n) is 6.17. The van der Waals surface area contributed by atoms with Crippen LogP contribution in [0.5, 0.6) is 0 Å². The lowest BCUT2D eigenvalue weighted by Crippen LogP contribution is -2.33. The summed E-state index contributed by atoms with van der Waals surface area (Å²) in [7, 11) is -3.74. The smallest absolute Gasteiger partial charge is 0.319 e. The maximum Gasteiger partial charge on any atom is 0.319 e. The number of hydrogen-bond acceptors (Lipinski definition) is 3. The van der Waals surface area contributed by atoms with Crippen molar-refractivity contribution in [2.75, 3.05) is 11.9 Å². The molecule has 0 heterocycles. The Labute approximate surface area is 148 Å². The van der Waals surface area contributed by atoms with E-state index in [1.165, 1.54) is 29.8 Å². The van der Waals surface area contributed by atoms with Gasteiger partial charge in [0.1, 0.15) is 0 Å². The number of urea groups is 1. The Bertz CT molecular complexity index is 803. The van der Waals surface area contributed by atoms with Crippen molar-refractivity contribution < 1.29 is 13.2 Å². The number of carbonyl (C=O) groups excluding carboxylic acids is 1. The van der Waals surface area contributed by atoms with E-state index in [0.29, 0.717) is 18.2 Å². The van der Waals surface area contributed by atoms with Crippen LogP contribution >= 0.6 is 0 Å². The number of carbonyl (C=O) groups is 1. The van der Waals surface area contributed by atoms with Gasteiger partial charge in [0.2, 0.25) is 10.0 Å². The molecule has 6 nitrogen and oxygen atoms in total. The zero-order valence-electron chi connectivity index (χ0n) is 14.3. The van der Waals surface area contributed by atoms with Crippen LogP contribution in [0.2, 0.25) is 0 Å². The van der Waals surface area contributed by atoms with Crippen LogP contribution in [0.25, 0.3) is 0 Å². The van der Waals surface area contributed by atoms with Crippen LogP contribution in [-0.2, 0) is 10.0 Å². The van der Waals surface area contributed by atoms with Gasteiger partial charge in [0.25, 0.3) is 0 Å². The second kappa shape index (κ2) is 8.13. The minimum absolute atomic E-state index is 0.00223. The van der Waals surface area contributed by atoms with Crippen molar-refractivity contribution in [3.05, 3.63) is 60.2 Å². The zero-order valence-corrected chi connectivity index (χ0v) is 15.1. The number of nitrogens with one attached hydrogen (secondary N) is 2. The van der Waals surface area contributed by atoms with Gasteiger partial charge in [0.15, 0.2) is 0 Å². The Balaban J connectivity index is 1.95. The summed E-state index contributed by atoms with van der Waals surface area (Å²) in [4.78, 5) is 12.1. The van der Waals surface area contributed by atoms with Crippen LogP contribution in [0, 0.1) is 5.92 Å². The summed E-state index contributed by atoms with van der Waals surface area (Å²) >= 11 is 0. The maximum atomic E-state index is 12.1. The highest BCUT2D eigenvalue weighted by atomic mass is 32.2. The standard InChI is InChI=1S/C18H23N3O3S/c1-13(2)17(14-6-4-3-5-7-14)12-20-18(22)21-15-8-10-16(11-9-15)25(19,23)24/h3-11,13,17H,12H2,1-2H3,(H2,19,23,24)(H2,20,21,22)/t17-/m1/s1. The zero-order chi connectivity index (χ0) is 18.4. The van der Waals surface area contributed by atoms with E-state index in [2.05, 4.69) is 36.6 Å². The number of benzene rings is 2. The SMILES string of the molecule is CC(C)[C@@H](CNC(=O)Nc1ccc(S(N)(=O)=O)cc1)c1ccccc1. The third kappa shape index (κ3) is 5.58. The van der Waals surface area contributed by atoms with Gasteiger partial charge in [0.05, 0.1) is 4.90 Å². The fourth-order valence-corrected chi connectivity index (χ4v) is 3.06. The predicted octanol–water partition coefficient (Wildman–Crippen LogP) is 2.90. The third-order valence-corrected chi connectivity index (χ3v) is 4.88. The molecule has 0 aliphatic carbocycles. The summed E-state index contributed by atoms with van der Waals surface area (Å²) in [6, 6.07) is 15.4. The molecule has 0 aliphatic rings. The summed E-state index contributed by atoms with van der Waals surface area (Å²) in [5.41, 5.74) is 1.67. The van der Waals surface area contributed by atoms with E-state index in [9.17, 15) is 13.2 Å². The molecule has 0 saturated carbocycles. The van der Waals surface area contributed by atoms with Gasteiger partial charge in [-0.15, -0.1) is 0 Å². The van der Waals surface area contributed by atoms with Gasteiger partial charge in [-0.3, -0.25) is 0 Å². The monoisotopic (exact) mass is 361 g/mol. The molecule has 0 radical (unpaired) electrons. The van der Waals surface area contributed by atoms with Gasteiger partial charge in [-0.25, -0.2) is 18.4 Å². The van der Waals surface area contributed by atoms with Crippen LogP contribution in [0.1, 0.15) is 25.3 Å². The van der Waals surface area contributed by atoms with E-state index in [1.807, 2.05) is 18.2 Å². The highest BCUT2D eigenvalue weighted by Gasteiger charge is 2.16. The lowest BCUT2D eigenvalue weighted by molar-refractivity contribution is 0.250. The van der Waals surface area contributed by atoms with Crippen LogP contribution in [-0.4, -0.2) is 21.0 Å². The molecule has 0 aliphatic heterocycles. The summed E-state index contributed by atoms with van der Waals surface area (Å²) in [6.07, 6.45) is 0. The first-order valence-corrected chi connectivity index (χ1v) is 9.54. The highest BCUT2D eigenvalue weighted by Crippen LogP contribution is 2.23. The lowest BCUT2D eigenvalue weighted by Gasteiger charge is -2.22. The quantitative estimate of drug-likeness (QED) is 0.737. The first-order valence-electron chi connectivity index (χ1n) is 8.00. The average Bonchev–Trinajstić information content (AvgIpc) is 2.55. The van der Waals surface area contributed by atoms with Crippen molar-refractivity contribution in [2.24, 2.45) is 11.1 Å². The topological polar surface area (TPSA) is 101 Å². The molecule has 25 heavy (non-hydrogen) atoms. The predicted molar refractivity (Wildman–Crippen MR) is 98.9 cm³/mol. The fourth-order valence-electron chi connectivity index (χ4n) is 2.54.